The van der Waals surface area contributed by atoms with Gasteiger partial charge in [-0.15, -0.1) is 0 Å². The first-order valence-corrected chi connectivity index (χ1v) is 6.82. The molecule has 1 saturated heterocycles. The summed E-state index contributed by atoms with van der Waals surface area (Å²) in [7, 11) is 0. The fraction of sp³-hybridized carbons (Fsp3) is 0.909. The molecule has 1 aliphatic rings. The van der Waals surface area contributed by atoms with Crippen LogP contribution < -0.4 is 0 Å². The molecule has 1 unspecified atom stereocenters. The van der Waals surface area contributed by atoms with E-state index in [0.717, 1.165) is 25.1 Å². The number of carbonyl (C=O) groups is 1. The predicted molar refractivity (Wildman–Crippen MR) is 64.3 cm³/mol. The van der Waals surface area contributed by atoms with Gasteiger partial charge in [0.05, 0.1) is 0 Å². The van der Waals surface area contributed by atoms with Gasteiger partial charge >= 0.3 is 6.09 Å². The first-order chi connectivity index (χ1) is 6.94. The van der Waals surface area contributed by atoms with Crippen molar-refractivity contribution in [2.24, 2.45) is 0 Å². The zero-order valence-electron chi connectivity index (χ0n) is 10.1. The Morgan fingerprint density at radius 1 is 1.53 bits per heavy atom. The molecule has 0 spiro atoms. The number of hydrogen-bond acceptors (Lipinski definition) is 3. The highest BCUT2D eigenvalue weighted by Crippen LogP contribution is 2.22. The number of nitrogens with zero attached hydrogens (tertiary/aromatic N) is 1. The first-order valence-electron chi connectivity index (χ1n) is 5.42. The van der Waals surface area contributed by atoms with E-state index in [1.165, 1.54) is 0 Å². The molecular formula is C11H21NO2S. The molecule has 0 N–H and O–H groups in total. The zero-order chi connectivity index (χ0) is 11.5. The summed E-state index contributed by atoms with van der Waals surface area (Å²) in [6.45, 7) is 6.57. The van der Waals surface area contributed by atoms with Crippen molar-refractivity contribution in [3.05, 3.63) is 0 Å². The number of rotatable bonds is 2. The third kappa shape index (κ3) is 3.93. The van der Waals surface area contributed by atoms with E-state index in [9.17, 15) is 4.79 Å². The Kier molecular flexibility index (Phi) is 4.32. The Morgan fingerprint density at radius 2 is 2.20 bits per heavy atom. The van der Waals surface area contributed by atoms with Crippen LogP contribution in [0.5, 0.6) is 0 Å². The van der Waals surface area contributed by atoms with Gasteiger partial charge in [0.1, 0.15) is 5.60 Å². The number of carbonyl (C=O) groups excluding carboxylic acids is 1. The highest BCUT2D eigenvalue weighted by atomic mass is 32.2. The van der Waals surface area contributed by atoms with Crippen LogP contribution in [0.2, 0.25) is 0 Å². The topological polar surface area (TPSA) is 29.5 Å². The number of amides is 1. The zero-order valence-corrected chi connectivity index (χ0v) is 10.9. The molecule has 1 aliphatic heterocycles. The molecular weight excluding hydrogens is 210 g/mol. The van der Waals surface area contributed by atoms with E-state index in [4.69, 9.17) is 4.74 Å². The number of ether oxygens (including phenoxy) is 1. The van der Waals surface area contributed by atoms with E-state index in [-0.39, 0.29) is 11.7 Å². The third-order valence-electron chi connectivity index (χ3n) is 2.36. The second-order valence-electron chi connectivity index (χ2n) is 4.93. The fourth-order valence-corrected chi connectivity index (χ4v) is 2.49. The molecule has 3 nitrogen and oxygen atoms in total. The van der Waals surface area contributed by atoms with Crippen LogP contribution in [0.25, 0.3) is 0 Å². The van der Waals surface area contributed by atoms with Gasteiger partial charge < -0.3 is 9.64 Å². The van der Waals surface area contributed by atoms with Crippen LogP contribution in [0.3, 0.4) is 0 Å². The van der Waals surface area contributed by atoms with Gasteiger partial charge in [0.2, 0.25) is 0 Å². The van der Waals surface area contributed by atoms with E-state index in [1.807, 2.05) is 25.7 Å². The molecule has 1 amide bonds. The second-order valence-corrected chi connectivity index (χ2v) is 5.84. The maximum absolute atomic E-state index is 11.8. The van der Waals surface area contributed by atoms with Crippen LogP contribution in [0.15, 0.2) is 0 Å². The number of hydrogen-bond donors (Lipinski definition) is 0. The van der Waals surface area contributed by atoms with Crippen LogP contribution in [-0.2, 0) is 4.74 Å². The van der Waals surface area contributed by atoms with Gasteiger partial charge in [-0.1, -0.05) is 0 Å². The SMILES string of the molecule is CSCC1CCCN1C(=O)OC(C)(C)C. The molecule has 1 heterocycles. The molecule has 0 radical (unpaired) electrons. The summed E-state index contributed by atoms with van der Waals surface area (Å²) in [5.41, 5.74) is -0.385. The molecule has 88 valence electrons. The minimum Gasteiger partial charge on any atom is -0.444 e. The van der Waals surface area contributed by atoms with E-state index >= 15 is 0 Å². The fourth-order valence-electron chi connectivity index (χ4n) is 1.76. The van der Waals surface area contributed by atoms with Crippen molar-refractivity contribution in [2.75, 3.05) is 18.6 Å². The monoisotopic (exact) mass is 231 g/mol. The van der Waals surface area contributed by atoms with Crippen molar-refractivity contribution in [1.29, 1.82) is 0 Å². The van der Waals surface area contributed by atoms with Gasteiger partial charge in [0, 0.05) is 18.3 Å². The highest BCUT2D eigenvalue weighted by molar-refractivity contribution is 7.98. The summed E-state index contributed by atoms with van der Waals surface area (Å²) in [4.78, 5) is 13.7. The van der Waals surface area contributed by atoms with Crippen LogP contribution in [0, 0.1) is 0 Å². The Morgan fingerprint density at radius 3 is 2.73 bits per heavy atom. The maximum Gasteiger partial charge on any atom is 0.410 e. The van der Waals surface area contributed by atoms with Crippen LogP contribution >= 0.6 is 11.8 Å². The highest BCUT2D eigenvalue weighted by Gasteiger charge is 2.31. The van der Waals surface area contributed by atoms with Crippen LogP contribution in [0.4, 0.5) is 4.79 Å². The molecule has 0 bridgehead atoms. The summed E-state index contributed by atoms with van der Waals surface area (Å²) in [5, 5.41) is 0. The summed E-state index contributed by atoms with van der Waals surface area (Å²) in [5.74, 6) is 1.01. The second kappa shape index (κ2) is 5.10. The number of likely N-dealkylation sites (tertiary alicyclic amines) is 1. The standard InChI is InChI=1S/C11H21NO2S/c1-11(2,3)14-10(13)12-7-5-6-9(12)8-15-4/h9H,5-8H2,1-4H3. The van der Waals surface area contributed by atoms with Gasteiger partial charge in [-0.25, -0.2) is 4.79 Å². The van der Waals surface area contributed by atoms with E-state index in [1.54, 1.807) is 11.8 Å². The largest absolute Gasteiger partial charge is 0.444 e. The van der Waals surface area contributed by atoms with E-state index in [2.05, 4.69) is 6.26 Å². The lowest BCUT2D eigenvalue weighted by Crippen LogP contribution is -2.40. The van der Waals surface area contributed by atoms with Gasteiger partial charge in [-0.2, -0.15) is 11.8 Å². The van der Waals surface area contributed by atoms with Crippen molar-refractivity contribution in [1.82, 2.24) is 4.90 Å². The van der Waals surface area contributed by atoms with Crippen LogP contribution in [0.1, 0.15) is 33.6 Å². The van der Waals surface area contributed by atoms with Crippen molar-refractivity contribution in [2.45, 2.75) is 45.3 Å². The third-order valence-corrected chi connectivity index (χ3v) is 3.08. The van der Waals surface area contributed by atoms with Crippen molar-refractivity contribution in [3.63, 3.8) is 0 Å². The summed E-state index contributed by atoms with van der Waals surface area (Å²) >= 11 is 1.79. The lowest BCUT2D eigenvalue weighted by atomic mass is 10.2. The molecule has 1 rings (SSSR count). The molecule has 1 fully saturated rings. The van der Waals surface area contributed by atoms with E-state index < -0.39 is 0 Å². The smallest absolute Gasteiger partial charge is 0.410 e. The minimum atomic E-state index is -0.385. The van der Waals surface area contributed by atoms with Gasteiger partial charge in [0.15, 0.2) is 0 Å². The lowest BCUT2D eigenvalue weighted by molar-refractivity contribution is 0.0242. The van der Waals surface area contributed by atoms with Gasteiger partial charge in [0.25, 0.3) is 0 Å². The molecule has 4 heteroatoms. The molecule has 1 atom stereocenters. The van der Waals surface area contributed by atoms with Crippen molar-refractivity contribution >= 4 is 17.9 Å². The van der Waals surface area contributed by atoms with Gasteiger partial charge in [-0.05, 0) is 39.9 Å². The first kappa shape index (κ1) is 12.7. The van der Waals surface area contributed by atoms with Gasteiger partial charge in [-0.3, -0.25) is 0 Å². The molecule has 0 aliphatic carbocycles. The molecule has 15 heavy (non-hydrogen) atoms. The van der Waals surface area contributed by atoms with Crippen molar-refractivity contribution < 1.29 is 9.53 Å². The lowest BCUT2D eigenvalue weighted by Gasteiger charge is -2.28. The Labute approximate surface area is 96.5 Å². The van der Waals surface area contributed by atoms with Crippen LogP contribution in [-0.4, -0.2) is 41.2 Å². The summed E-state index contributed by atoms with van der Waals surface area (Å²) in [6, 6.07) is 0.370. The number of thioether (sulfide) groups is 1. The predicted octanol–water partition coefficient (Wildman–Crippen LogP) is 2.75. The Hall–Kier alpha value is -0.380. The van der Waals surface area contributed by atoms with E-state index in [0.29, 0.717) is 6.04 Å². The quantitative estimate of drug-likeness (QED) is 0.732. The molecule has 0 aromatic rings. The normalized spacial score (nSPS) is 21.9. The Balaban J connectivity index is 2.51. The summed E-state index contributed by atoms with van der Waals surface area (Å²) in [6.07, 6.45) is 4.13. The molecule has 0 aromatic carbocycles. The molecule has 0 saturated carbocycles. The Bertz CT molecular complexity index is 225. The maximum atomic E-state index is 11.8. The average Bonchev–Trinajstić information content (AvgIpc) is 2.49. The molecule has 0 aromatic heterocycles. The van der Waals surface area contributed by atoms with Crippen molar-refractivity contribution in [3.8, 4) is 0 Å². The summed E-state index contributed by atoms with van der Waals surface area (Å²) < 4.78 is 5.38. The minimum absolute atomic E-state index is 0.154. The average molecular weight is 231 g/mol.